The number of hydrogen-bond donors (Lipinski definition) is 0. The summed E-state index contributed by atoms with van der Waals surface area (Å²) in [5.41, 5.74) is 2.23. The van der Waals surface area contributed by atoms with Crippen LogP contribution in [0.5, 0.6) is 11.5 Å². The Bertz CT molecular complexity index is 845. The number of aromatic nitrogens is 1. The summed E-state index contributed by atoms with van der Waals surface area (Å²) < 4.78 is 10.7. The molecule has 2 aromatic carbocycles. The Morgan fingerprint density at radius 2 is 1.65 bits per heavy atom. The second kappa shape index (κ2) is 8.16. The number of amides is 1. The Morgan fingerprint density at radius 1 is 0.962 bits per heavy atom. The van der Waals surface area contributed by atoms with E-state index in [-0.39, 0.29) is 5.91 Å². The van der Waals surface area contributed by atoms with Gasteiger partial charge in [-0.1, -0.05) is 30.3 Å². The summed E-state index contributed by atoms with van der Waals surface area (Å²) >= 11 is 0. The number of carbonyl (C=O) groups excluding carboxylic acids is 1. The average molecular weight is 348 g/mol. The Hall–Kier alpha value is -3.34. The first-order chi connectivity index (χ1) is 12.7. The topological polar surface area (TPSA) is 51.7 Å². The van der Waals surface area contributed by atoms with Gasteiger partial charge in [-0.3, -0.25) is 9.78 Å². The van der Waals surface area contributed by atoms with Gasteiger partial charge in [-0.05, 0) is 17.7 Å². The molecule has 0 atom stereocenters. The van der Waals surface area contributed by atoms with Crippen molar-refractivity contribution in [2.75, 3.05) is 19.1 Å². The molecule has 1 amide bonds. The summed E-state index contributed by atoms with van der Waals surface area (Å²) in [7, 11) is 3.17. The fourth-order valence-corrected chi connectivity index (χ4v) is 2.64. The molecule has 132 valence electrons. The molecule has 1 aromatic heterocycles. The van der Waals surface area contributed by atoms with Crippen molar-refractivity contribution in [1.82, 2.24) is 4.98 Å². The van der Waals surface area contributed by atoms with Gasteiger partial charge in [-0.25, -0.2) is 0 Å². The number of hydrogen-bond acceptors (Lipinski definition) is 4. The molecule has 0 N–H and O–H groups in total. The maximum atomic E-state index is 13.2. The van der Waals surface area contributed by atoms with Crippen LogP contribution in [0.25, 0.3) is 0 Å². The highest BCUT2D eigenvalue weighted by molar-refractivity contribution is 6.06. The summed E-state index contributed by atoms with van der Waals surface area (Å²) in [4.78, 5) is 18.9. The number of ether oxygens (including phenoxy) is 2. The fraction of sp³-hybridized carbons (Fsp3) is 0.143. The number of nitrogens with zero attached hydrogens (tertiary/aromatic N) is 2. The third kappa shape index (κ3) is 4.00. The lowest BCUT2D eigenvalue weighted by Crippen LogP contribution is -2.30. The standard InChI is InChI=1S/C21H20N2O3/c1-25-19-11-18(12-20(13-19)26-2)23(15-16-7-4-3-5-8-16)21(24)17-9-6-10-22-14-17/h3-14H,15H2,1-2H3. The van der Waals surface area contributed by atoms with E-state index in [4.69, 9.17) is 9.47 Å². The number of methoxy groups -OCH3 is 2. The molecule has 3 rings (SSSR count). The Balaban J connectivity index is 2.04. The minimum atomic E-state index is -0.141. The van der Waals surface area contributed by atoms with Crippen LogP contribution in [0, 0.1) is 0 Å². The number of pyridine rings is 1. The van der Waals surface area contributed by atoms with Crippen LogP contribution in [-0.2, 0) is 6.54 Å². The molecule has 0 aliphatic rings. The summed E-state index contributed by atoms with van der Waals surface area (Å²) in [5, 5.41) is 0. The van der Waals surface area contributed by atoms with Gasteiger partial charge < -0.3 is 14.4 Å². The number of benzene rings is 2. The molecule has 26 heavy (non-hydrogen) atoms. The summed E-state index contributed by atoms with van der Waals surface area (Å²) in [5.74, 6) is 1.10. The summed E-state index contributed by atoms with van der Waals surface area (Å²) in [6.45, 7) is 0.422. The number of carbonyl (C=O) groups is 1. The number of rotatable bonds is 6. The van der Waals surface area contributed by atoms with Crippen LogP contribution in [-0.4, -0.2) is 25.1 Å². The molecule has 0 bridgehead atoms. The van der Waals surface area contributed by atoms with Gasteiger partial charge in [0, 0.05) is 30.6 Å². The van der Waals surface area contributed by atoms with Crippen LogP contribution >= 0.6 is 0 Å². The van der Waals surface area contributed by atoms with Crippen molar-refractivity contribution in [3.8, 4) is 11.5 Å². The highest BCUT2D eigenvalue weighted by Gasteiger charge is 2.20. The molecule has 0 aliphatic carbocycles. The van der Waals surface area contributed by atoms with Crippen molar-refractivity contribution < 1.29 is 14.3 Å². The van der Waals surface area contributed by atoms with Gasteiger partial charge in [0.1, 0.15) is 11.5 Å². The first kappa shape index (κ1) is 17.5. The Kier molecular flexibility index (Phi) is 5.49. The lowest BCUT2D eigenvalue weighted by atomic mass is 10.1. The lowest BCUT2D eigenvalue weighted by molar-refractivity contribution is 0.0984. The molecule has 0 saturated heterocycles. The molecule has 0 saturated carbocycles. The molecule has 0 spiro atoms. The third-order valence-electron chi connectivity index (χ3n) is 3.99. The SMILES string of the molecule is COc1cc(OC)cc(N(Cc2ccccc2)C(=O)c2cccnc2)c1. The van der Waals surface area contributed by atoms with Gasteiger partial charge in [0.15, 0.2) is 0 Å². The van der Waals surface area contributed by atoms with E-state index in [2.05, 4.69) is 4.98 Å². The minimum absolute atomic E-state index is 0.141. The van der Waals surface area contributed by atoms with Crippen molar-refractivity contribution in [3.05, 3.63) is 84.2 Å². The predicted molar refractivity (Wildman–Crippen MR) is 101 cm³/mol. The predicted octanol–water partition coefficient (Wildman–Crippen LogP) is 3.95. The molecule has 0 aliphatic heterocycles. The molecule has 3 aromatic rings. The summed E-state index contributed by atoms with van der Waals surface area (Å²) in [6, 6.07) is 18.7. The van der Waals surface area contributed by atoms with Gasteiger partial charge in [0.25, 0.3) is 5.91 Å². The van der Waals surface area contributed by atoms with Crippen molar-refractivity contribution in [1.29, 1.82) is 0 Å². The van der Waals surface area contributed by atoms with E-state index in [1.165, 1.54) is 0 Å². The zero-order valence-corrected chi connectivity index (χ0v) is 14.8. The van der Waals surface area contributed by atoms with Gasteiger partial charge >= 0.3 is 0 Å². The van der Waals surface area contributed by atoms with Gasteiger partial charge in [0.2, 0.25) is 0 Å². The lowest BCUT2D eigenvalue weighted by Gasteiger charge is -2.24. The van der Waals surface area contributed by atoms with E-state index < -0.39 is 0 Å². The quantitative estimate of drug-likeness (QED) is 0.677. The minimum Gasteiger partial charge on any atom is -0.497 e. The third-order valence-corrected chi connectivity index (χ3v) is 3.99. The van der Waals surface area contributed by atoms with Crippen LogP contribution in [0.4, 0.5) is 5.69 Å². The molecule has 5 heteroatoms. The van der Waals surface area contributed by atoms with Crippen molar-refractivity contribution in [3.63, 3.8) is 0 Å². The van der Waals surface area contributed by atoms with E-state index in [1.807, 2.05) is 42.5 Å². The first-order valence-electron chi connectivity index (χ1n) is 8.20. The van der Waals surface area contributed by atoms with E-state index in [9.17, 15) is 4.79 Å². The molecular formula is C21H20N2O3. The van der Waals surface area contributed by atoms with Crippen LogP contribution in [0.2, 0.25) is 0 Å². The average Bonchev–Trinajstić information content (AvgIpc) is 2.72. The van der Waals surface area contributed by atoms with Crippen LogP contribution in [0.1, 0.15) is 15.9 Å². The summed E-state index contributed by atoms with van der Waals surface area (Å²) in [6.07, 6.45) is 3.21. The zero-order valence-electron chi connectivity index (χ0n) is 14.8. The fourth-order valence-electron chi connectivity index (χ4n) is 2.64. The van der Waals surface area contributed by atoms with Gasteiger partial charge in [0.05, 0.1) is 32.0 Å². The highest BCUT2D eigenvalue weighted by Crippen LogP contribution is 2.30. The molecule has 1 heterocycles. The maximum Gasteiger partial charge on any atom is 0.260 e. The van der Waals surface area contributed by atoms with Crippen molar-refractivity contribution in [2.45, 2.75) is 6.54 Å². The van der Waals surface area contributed by atoms with E-state index >= 15 is 0 Å². The molecule has 0 fully saturated rings. The van der Waals surface area contributed by atoms with Crippen molar-refractivity contribution >= 4 is 11.6 Å². The van der Waals surface area contributed by atoms with Crippen LogP contribution < -0.4 is 14.4 Å². The van der Waals surface area contributed by atoms with Crippen molar-refractivity contribution in [2.24, 2.45) is 0 Å². The second-order valence-electron chi connectivity index (χ2n) is 5.69. The highest BCUT2D eigenvalue weighted by atomic mass is 16.5. The molecule has 0 radical (unpaired) electrons. The molecule has 5 nitrogen and oxygen atoms in total. The smallest absolute Gasteiger partial charge is 0.260 e. The van der Waals surface area contributed by atoms with E-state index in [0.717, 1.165) is 5.56 Å². The van der Waals surface area contributed by atoms with Crippen LogP contribution in [0.3, 0.4) is 0 Å². The molecular weight excluding hydrogens is 328 g/mol. The number of anilines is 1. The van der Waals surface area contributed by atoms with Gasteiger partial charge in [-0.2, -0.15) is 0 Å². The maximum absolute atomic E-state index is 13.2. The zero-order chi connectivity index (χ0) is 18.4. The first-order valence-corrected chi connectivity index (χ1v) is 8.20. The molecule has 0 unspecified atom stereocenters. The monoisotopic (exact) mass is 348 g/mol. The van der Waals surface area contributed by atoms with E-state index in [1.54, 1.807) is 49.7 Å². The van der Waals surface area contributed by atoms with E-state index in [0.29, 0.717) is 29.3 Å². The van der Waals surface area contributed by atoms with Crippen LogP contribution in [0.15, 0.2) is 73.1 Å². The largest absolute Gasteiger partial charge is 0.497 e. The Morgan fingerprint density at radius 3 is 2.23 bits per heavy atom. The second-order valence-corrected chi connectivity index (χ2v) is 5.69. The normalized spacial score (nSPS) is 10.2. The van der Waals surface area contributed by atoms with Gasteiger partial charge in [-0.15, -0.1) is 0 Å². The Labute approximate surface area is 152 Å².